The number of aryl methyl sites for hydroxylation is 2. The Hall–Kier alpha value is -3.86. The van der Waals surface area contributed by atoms with Crippen molar-refractivity contribution in [3.63, 3.8) is 0 Å². The number of likely N-dealkylation sites (tertiary alicyclic amines) is 1. The lowest BCUT2D eigenvalue weighted by Crippen LogP contribution is -2.60. The molecule has 3 aromatic carbocycles. The minimum atomic E-state index is -0.836. The number of rotatable bonds is 5. The number of hydrogen-bond acceptors (Lipinski definition) is 4. The van der Waals surface area contributed by atoms with Crippen molar-refractivity contribution >= 4 is 17.4 Å². The van der Waals surface area contributed by atoms with Crippen LogP contribution in [-0.4, -0.2) is 44.1 Å². The summed E-state index contributed by atoms with van der Waals surface area (Å²) in [6.45, 7) is 9.22. The van der Waals surface area contributed by atoms with Gasteiger partial charge < -0.3 is 14.4 Å². The van der Waals surface area contributed by atoms with Crippen LogP contribution >= 0.6 is 0 Å². The third kappa shape index (κ3) is 3.38. The molecule has 200 valence electrons. The van der Waals surface area contributed by atoms with E-state index in [9.17, 15) is 9.59 Å². The molecule has 3 aliphatic carbocycles. The van der Waals surface area contributed by atoms with Crippen molar-refractivity contribution in [1.82, 2.24) is 4.90 Å². The van der Waals surface area contributed by atoms with Crippen molar-refractivity contribution < 1.29 is 19.1 Å². The number of para-hydroxylation sites is 1. The molecule has 1 saturated heterocycles. The minimum absolute atomic E-state index is 0.0168. The lowest BCUT2D eigenvalue weighted by Gasteiger charge is -2.59. The molecule has 1 heterocycles. The van der Waals surface area contributed by atoms with E-state index in [1.807, 2.05) is 29.2 Å². The van der Waals surface area contributed by atoms with Gasteiger partial charge >= 0.3 is 5.97 Å². The summed E-state index contributed by atoms with van der Waals surface area (Å²) in [5.41, 5.74) is 5.98. The molecule has 4 unspecified atom stereocenters. The number of amides is 1. The van der Waals surface area contributed by atoms with Crippen LogP contribution in [0.2, 0.25) is 0 Å². The first-order valence-corrected chi connectivity index (χ1v) is 13.7. The van der Waals surface area contributed by atoms with Crippen LogP contribution in [0.1, 0.15) is 52.1 Å². The molecule has 2 fully saturated rings. The van der Waals surface area contributed by atoms with Crippen LogP contribution < -0.4 is 4.74 Å². The predicted octanol–water partition coefficient (Wildman–Crippen LogP) is 5.82. The molecule has 0 N–H and O–H groups in total. The lowest BCUT2D eigenvalue weighted by atomic mass is 9.42. The number of nitrogens with zero attached hydrogens (tertiary/aromatic N) is 1. The van der Waals surface area contributed by atoms with Gasteiger partial charge in [-0.3, -0.25) is 9.59 Å². The van der Waals surface area contributed by atoms with Crippen LogP contribution in [0, 0.1) is 25.2 Å². The summed E-state index contributed by atoms with van der Waals surface area (Å²) in [5.74, 6) is 0.0720. The van der Waals surface area contributed by atoms with E-state index in [1.54, 1.807) is 7.11 Å². The number of esters is 1. The molecule has 3 aromatic rings. The summed E-state index contributed by atoms with van der Waals surface area (Å²) in [6.07, 6.45) is 1.79. The standard InChI is InChI=1S/C34H35NO4/c1-21-14-15-24(18-22(21)2)33-17-16-28(26-11-6-8-12-27(26)33)34(32(37)39-5)20-35(19-30(33)34)31(36)23(3)25-10-7-9-13-29(25)38-4/h6-15,18,28,30H,3,16-17,19-20H2,1-2,4-5H3. The zero-order chi connectivity index (χ0) is 27.5. The Morgan fingerprint density at radius 3 is 2.46 bits per heavy atom. The highest BCUT2D eigenvalue weighted by Gasteiger charge is 2.71. The Balaban J connectivity index is 1.52. The third-order valence-corrected chi connectivity index (χ3v) is 9.90. The molecule has 0 spiro atoms. The normalized spacial score (nSPS) is 26.5. The van der Waals surface area contributed by atoms with Gasteiger partial charge in [0.05, 0.1) is 19.6 Å². The third-order valence-electron chi connectivity index (χ3n) is 9.90. The molecule has 5 nitrogen and oxygen atoms in total. The summed E-state index contributed by atoms with van der Waals surface area (Å²) in [5, 5.41) is 0. The first kappa shape index (κ1) is 25.4. The van der Waals surface area contributed by atoms with Gasteiger partial charge in [-0.15, -0.1) is 0 Å². The fourth-order valence-electron chi connectivity index (χ4n) is 8.00. The minimum Gasteiger partial charge on any atom is -0.496 e. The van der Waals surface area contributed by atoms with E-state index >= 15 is 0 Å². The fraction of sp³-hybridized carbons (Fsp3) is 0.353. The summed E-state index contributed by atoms with van der Waals surface area (Å²) < 4.78 is 11.1. The fourth-order valence-corrected chi connectivity index (χ4v) is 8.00. The Morgan fingerprint density at radius 1 is 0.974 bits per heavy atom. The van der Waals surface area contributed by atoms with Gasteiger partial charge in [-0.2, -0.15) is 0 Å². The van der Waals surface area contributed by atoms with Crippen molar-refractivity contribution in [3.05, 3.63) is 107 Å². The Kier molecular flexibility index (Phi) is 5.94. The number of methoxy groups -OCH3 is 2. The summed E-state index contributed by atoms with van der Waals surface area (Å²) in [6, 6.07) is 22.7. The van der Waals surface area contributed by atoms with Gasteiger partial charge in [0.2, 0.25) is 0 Å². The number of carbonyl (C=O) groups excluding carboxylic acids is 2. The van der Waals surface area contributed by atoms with Crippen LogP contribution in [0.5, 0.6) is 5.75 Å². The SMILES string of the molecule is C=C(C(=O)N1CC2C3(c4ccc(C)c(C)c4)CCC(c4ccccc43)C2(C(=O)OC)C1)c1ccccc1OC. The average molecular weight is 522 g/mol. The number of benzene rings is 3. The molecular formula is C34H35NO4. The van der Waals surface area contributed by atoms with Gasteiger partial charge in [0.15, 0.2) is 0 Å². The van der Waals surface area contributed by atoms with Crippen molar-refractivity contribution in [2.24, 2.45) is 11.3 Å². The molecule has 7 rings (SSSR count). The van der Waals surface area contributed by atoms with Crippen molar-refractivity contribution in [1.29, 1.82) is 0 Å². The van der Waals surface area contributed by atoms with Crippen LogP contribution in [0.25, 0.3) is 5.57 Å². The molecule has 1 amide bonds. The highest BCUT2D eigenvalue weighted by molar-refractivity contribution is 6.19. The van der Waals surface area contributed by atoms with E-state index in [0.29, 0.717) is 30.0 Å². The van der Waals surface area contributed by atoms with E-state index in [-0.39, 0.29) is 23.7 Å². The predicted molar refractivity (Wildman–Crippen MR) is 152 cm³/mol. The van der Waals surface area contributed by atoms with Crippen LogP contribution in [0.15, 0.2) is 73.3 Å². The van der Waals surface area contributed by atoms with Gasteiger partial charge in [-0.1, -0.05) is 67.2 Å². The smallest absolute Gasteiger partial charge is 0.314 e. The maximum Gasteiger partial charge on any atom is 0.314 e. The number of carbonyl (C=O) groups is 2. The Morgan fingerprint density at radius 2 is 1.72 bits per heavy atom. The van der Waals surface area contributed by atoms with Crippen molar-refractivity contribution in [3.8, 4) is 5.75 Å². The van der Waals surface area contributed by atoms with E-state index in [2.05, 4.69) is 62.9 Å². The number of ether oxygens (including phenoxy) is 2. The highest BCUT2D eigenvalue weighted by atomic mass is 16.5. The second kappa shape index (κ2) is 9.11. The molecule has 4 aliphatic rings. The monoisotopic (exact) mass is 521 g/mol. The quantitative estimate of drug-likeness (QED) is 0.314. The average Bonchev–Trinajstić information content (AvgIpc) is 3.41. The van der Waals surface area contributed by atoms with E-state index in [1.165, 1.54) is 34.9 Å². The molecule has 0 aromatic heterocycles. The topological polar surface area (TPSA) is 55.8 Å². The largest absolute Gasteiger partial charge is 0.496 e. The van der Waals surface area contributed by atoms with Crippen molar-refractivity contribution in [2.75, 3.05) is 27.3 Å². The molecular weight excluding hydrogens is 486 g/mol. The van der Waals surface area contributed by atoms with Gasteiger partial charge in [0.1, 0.15) is 5.75 Å². The van der Waals surface area contributed by atoms with Gasteiger partial charge in [0, 0.05) is 41.5 Å². The van der Waals surface area contributed by atoms with Crippen LogP contribution in [0.4, 0.5) is 0 Å². The molecule has 1 aliphatic heterocycles. The van der Waals surface area contributed by atoms with Gasteiger partial charge in [0.25, 0.3) is 5.91 Å². The molecule has 2 bridgehead atoms. The van der Waals surface area contributed by atoms with E-state index < -0.39 is 10.8 Å². The van der Waals surface area contributed by atoms with Gasteiger partial charge in [-0.25, -0.2) is 0 Å². The molecule has 1 saturated carbocycles. The molecule has 5 heteroatoms. The summed E-state index contributed by atoms with van der Waals surface area (Å²) in [4.78, 5) is 29.9. The molecule has 0 radical (unpaired) electrons. The lowest BCUT2D eigenvalue weighted by molar-refractivity contribution is -0.161. The Labute approximate surface area is 230 Å². The number of fused-ring (bicyclic) bond motifs is 1. The highest BCUT2D eigenvalue weighted by Crippen LogP contribution is 2.69. The van der Waals surface area contributed by atoms with Gasteiger partial charge in [-0.05, 0) is 60.6 Å². The summed E-state index contributed by atoms with van der Waals surface area (Å²) in [7, 11) is 3.07. The first-order valence-electron chi connectivity index (χ1n) is 13.7. The van der Waals surface area contributed by atoms with Crippen molar-refractivity contribution in [2.45, 2.75) is 38.0 Å². The Bertz CT molecular complexity index is 1510. The van der Waals surface area contributed by atoms with Crippen LogP contribution in [-0.2, 0) is 19.7 Å². The zero-order valence-electron chi connectivity index (χ0n) is 23.1. The molecule has 4 atom stereocenters. The zero-order valence-corrected chi connectivity index (χ0v) is 23.1. The molecule has 39 heavy (non-hydrogen) atoms. The second-order valence-electron chi connectivity index (χ2n) is 11.4. The summed E-state index contributed by atoms with van der Waals surface area (Å²) >= 11 is 0. The second-order valence-corrected chi connectivity index (χ2v) is 11.4. The van der Waals surface area contributed by atoms with Crippen LogP contribution in [0.3, 0.4) is 0 Å². The maximum atomic E-state index is 14.1. The van der Waals surface area contributed by atoms with E-state index in [0.717, 1.165) is 12.8 Å². The first-order chi connectivity index (χ1) is 18.8. The maximum absolute atomic E-state index is 14.1. The van der Waals surface area contributed by atoms with E-state index in [4.69, 9.17) is 9.47 Å². The number of hydrogen-bond donors (Lipinski definition) is 0.